The first-order valence-corrected chi connectivity index (χ1v) is 4.94. The molecule has 0 unspecified atom stereocenters. The molecule has 0 heterocycles. The lowest BCUT2D eigenvalue weighted by Gasteiger charge is -2.21. The molecule has 0 bridgehead atoms. The second kappa shape index (κ2) is 4.86. The molecule has 0 aromatic carbocycles. The van der Waals surface area contributed by atoms with E-state index in [0.717, 1.165) is 25.7 Å². The van der Waals surface area contributed by atoms with E-state index in [1.807, 2.05) is 6.07 Å². The molecule has 1 aliphatic rings. The lowest BCUT2D eigenvalue weighted by atomic mass is 9.88. The van der Waals surface area contributed by atoms with Crippen LogP contribution in [-0.2, 0) is 4.79 Å². The van der Waals surface area contributed by atoms with Gasteiger partial charge >= 0.3 is 0 Å². The van der Waals surface area contributed by atoms with E-state index >= 15 is 0 Å². The molecular weight excluding hydrogens is 164 g/mol. The quantitative estimate of drug-likeness (QED) is 0.701. The molecule has 0 radical (unpaired) electrons. The average Bonchev–Trinajstić information content (AvgIpc) is 2.19. The molecule has 1 rings (SSSR count). The number of rotatable bonds is 2. The number of amides is 1. The lowest BCUT2D eigenvalue weighted by Crippen LogP contribution is -2.37. The van der Waals surface area contributed by atoms with Gasteiger partial charge in [0, 0.05) is 5.92 Å². The van der Waals surface area contributed by atoms with Gasteiger partial charge in [-0.1, -0.05) is 19.3 Å². The van der Waals surface area contributed by atoms with Crippen molar-refractivity contribution in [1.82, 2.24) is 5.32 Å². The molecule has 1 atom stereocenters. The maximum absolute atomic E-state index is 11.5. The fourth-order valence-corrected chi connectivity index (χ4v) is 1.73. The van der Waals surface area contributed by atoms with Gasteiger partial charge in [0.15, 0.2) is 0 Å². The molecule has 3 nitrogen and oxygen atoms in total. The molecule has 1 amide bonds. The first-order valence-electron chi connectivity index (χ1n) is 4.94. The van der Waals surface area contributed by atoms with E-state index in [-0.39, 0.29) is 17.9 Å². The zero-order valence-electron chi connectivity index (χ0n) is 8.05. The van der Waals surface area contributed by atoms with Crippen molar-refractivity contribution in [3.8, 4) is 6.07 Å². The monoisotopic (exact) mass is 180 g/mol. The Morgan fingerprint density at radius 2 is 2.08 bits per heavy atom. The van der Waals surface area contributed by atoms with Crippen LogP contribution < -0.4 is 5.32 Å². The number of carbonyl (C=O) groups excluding carboxylic acids is 1. The topological polar surface area (TPSA) is 52.9 Å². The maximum Gasteiger partial charge on any atom is 0.224 e. The minimum atomic E-state index is -0.352. The highest BCUT2D eigenvalue weighted by Gasteiger charge is 2.21. The summed E-state index contributed by atoms with van der Waals surface area (Å²) in [7, 11) is 0. The Morgan fingerprint density at radius 1 is 1.46 bits per heavy atom. The molecule has 3 heteroatoms. The molecule has 1 N–H and O–H groups in total. The van der Waals surface area contributed by atoms with Gasteiger partial charge in [0.1, 0.15) is 6.04 Å². The summed E-state index contributed by atoms with van der Waals surface area (Å²) in [5.41, 5.74) is 0. The van der Waals surface area contributed by atoms with E-state index in [2.05, 4.69) is 5.32 Å². The first kappa shape index (κ1) is 10.0. The van der Waals surface area contributed by atoms with Crippen LogP contribution in [0.25, 0.3) is 0 Å². The second-order valence-electron chi connectivity index (χ2n) is 3.69. The molecule has 0 aromatic rings. The normalized spacial score (nSPS) is 20.3. The fourth-order valence-electron chi connectivity index (χ4n) is 1.73. The van der Waals surface area contributed by atoms with Crippen LogP contribution in [0.2, 0.25) is 0 Å². The SMILES string of the molecule is C[C@@H](C#N)NC(=O)C1CCCCC1. The molecule has 0 spiro atoms. The molecule has 1 fully saturated rings. The van der Waals surface area contributed by atoms with Gasteiger partial charge < -0.3 is 5.32 Å². The molecule has 0 saturated heterocycles. The zero-order chi connectivity index (χ0) is 9.68. The van der Waals surface area contributed by atoms with Gasteiger partial charge in [-0.25, -0.2) is 0 Å². The summed E-state index contributed by atoms with van der Waals surface area (Å²) in [5.74, 6) is 0.221. The third kappa shape index (κ3) is 3.06. The largest absolute Gasteiger partial charge is 0.340 e. The van der Waals surface area contributed by atoms with Gasteiger partial charge in [-0.15, -0.1) is 0 Å². The Bertz CT molecular complexity index is 213. The number of nitrogens with one attached hydrogen (secondary N) is 1. The van der Waals surface area contributed by atoms with Gasteiger partial charge in [-0.3, -0.25) is 4.79 Å². The number of nitrogens with zero attached hydrogens (tertiary/aromatic N) is 1. The van der Waals surface area contributed by atoms with Crippen LogP contribution in [0.4, 0.5) is 0 Å². The van der Waals surface area contributed by atoms with Crippen molar-refractivity contribution < 1.29 is 4.79 Å². The van der Waals surface area contributed by atoms with Crippen molar-refractivity contribution in [3.05, 3.63) is 0 Å². The Kier molecular flexibility index (Phi) is 3.75. The molecule has 0 aliphatic heterocycles. The van der Waals surface area contributed by atoms with Crippen molar-refractivity contribution in [2.45, 2.75) is 45.1 Å². The Hall–Kier alpha value is -1.04. The average molecular weight is 180 g/mol. The van der Waals surface area contributed by atoms with E-state index in [9.17, 15) is 4.79 Å². The summed E-state index contributed by atoms with van der Waals surface area (Å²) < 4.78 is 0. The van der Waals surface area contributed by atoms with Gasteiger partial charge in [-0.2, -0.15) is 5.26 Å². The van der Waals surface area contributed by atoms with E-state index in [4.69, 9.17) is 5.26 Å². The van der Waals surface area contributed by atoms with Crippen molar-refractivity contribution in [2.75, 3.05) is 0 Å². The van der Waals surface area contributed by atoms with Crippen molar-refractivity contribution in [1.29, 1.82) is 5.26 Å². The van der Waals surface area contributed by atoms with Crippen LogP contribution in [0.3, 0.4) is 0 Å². The molecule has 72 valence electrons. The zero-order valence-corrected chi connectivity index (χ0v) is 8.05. The van der Waals surface area contributed by atoms with Crippen LogP contribution >= 0.6 is 0 Å². The van der Waals surface area contributed by atoms with Crippen LogP contribution in [0, 0.1) is 17.2 Å². The summed E-state index contributed by atoms with van der Waals surface area (Å²) in [6.45, 7) is 1.71. The molecule has 0 aromatic heterocycles. The minimum Gasteiger partial charge on any atom is -0.340 e. The van der Waals surface area contributed by atoms with Crippen molar-refractivity contribution in [3.63, 3.8) is 0 Å². The van der Waals surface area contributed by atoms with Gasteiger partial charge in [0.05, 0.1) is 6.07 Å². The molecule has 1 saturated carbocycles. The summed E-state index contributed by atoms with van der Waals surface area (Å²) in [5, 5.41) is 11.2. The maximum atomic E-state index is 11.5. The highest BCUT2D eigenvalue weighted by molar-refractivity contribution is 5.79. The highest BCUT2D eigenvalue weighted by Crippen LogP contribution is 2.23. The third-order valence-electron chi connectivity index (χ3n) is 2.53. The van der Waals surface area contributed by atoms with Crippen LogP contribution in [0.5, 0.6) is 0 Å². The summed E-state index contributed by atoms with van der Waals surface area (Å²) in [4.78, 5) is 11.5. The summed E-state index contributed by atoms with van der Waals surface area (Å²) >= 11 is 0. The van der Waals surface area contributed by atoms with Gasteiger partial charge in [0.2, 0.25) is 5.91 Å². The van der Waals surface area contributed by atoms with Crippen LogP contribution in [-0.4, -0.2) is 11.9 Å². The predicted octanol–water partition coefficient (Wildman–Crippen LogP) is 1.59. The number of nitriles is 1. The van der Waals surface area contributed by atoms with E-state index in [0.29, 0.717) is 0 Å². The van der Waals surface area contributed by atoms with Gasteiger partial charge in [0.25, 0.3) is 0 Å². The van der Waals surface area contributed by atoms with Crippen LogP contribution in [0.1, 0.15) is 39.0 Å². The van der Waals surface area contributed by atoms with Crippen LogP contribution in [0.15, 0.2) is 0 Å². The van der Waals surface area contributed by atoms with Crippen molar-refractivity contribution >= 4 is 5.91 Å². The third-order valence-corrected chi connectivity index (χ3v) is 2.53. The Labute approximate surface area is 79.1 Å². The van der Waals surface area contributed by atoms with E-state index < -0.39 is 0 Å². The molecule has 1 aliphatic carbocycles. The highest BCUT2D eigenvalue weighted by atomic mass is 16.1. The summed E-state index contributed by atoms with van der Waals surface area (Å²) in [6.07, 6.45) is 5.53. The molecular formula is C10H16N2O. The number of hydrogen-bond acceptors (Lipinski definition) is 2. The minimum absolute atomic E-state index is 0.0637. The van der Waals surface area contributed by atoms with Gasteiger partial charge in [-0.05, 0) is 19.8 Å². The number of carbonyl (C=O) groups is 1. The molecule has 13 heavy (non-hydrogen) atoms. The van der Waals surface area contributed by atoms with E-state index in [1.54, 1.807) is 6.92 Å². The predicted molar refractivity (Wildman–Crippen MR) is 49.8 cm³/mol. The smallest absolute Gasteiger partial charge is 0.224 e. The first-order chi connectivity index (χ1) is 6.24. The standard InChI is InChI=1S/C10H16N2O/c1-8(7-11)12-10(13)9-5-3-2-4-6-9/h8-9H,2-6H2,1H3,(H,12,13)/t8-/m0/s1. The Morgan fingerprint density at radius 3 is 2.62 bits per heavy atom. The van der Waals surface area contributed by atoms with E-state index in [1.165, 1.54) is 6.42 Å². The number of hydrogen-bond donors (Lipinski definition) is 1. The van der Waals surface area contributed by atoms with Crippen molar-refractivity contribution in [2.24, 2.45) is 5.92 Å². The Balaban J connectivity index is 2.34. The second-order valence-corrected chi connectivity index (χ2v) is 3.69. The summed E-state index contributed by atoms with van der Waals surface area (Å²) in [6, 6.07) is 1.65. The fraction of sp³-hybridized carbons (Fsp3) is 0.800. The lowest BCUT2D eigenvalue weighted by molar-refractivity contribution is -0.126.